The van der Waals surface area contributed by atoms with Crippen molar-refractivity contribution < 1.29 is 9.79 Å². The van der Waals surface area contributed by atoms with Crippen LogP contribution in [0, 0.1) is 6.92 Å². The molecule has 110 valence electrons. The zero-order valence-corrected chi connectivity index (χ0v) is 12.3. The van der Waals surface area contributed by atoms with Crippen LogP contribution >= 0.6 is 0 Å². The number of tetrazole rings is 1. The standard InChI is InChI=1S/C16H20N4O/c1-13-19(12-16(21)14-8-4-2-5-9-14)17-18-20(13)15-10-6-3-7-11-15/h2,4-5,8-9,12,15H,3,6-7,10-11H2,1H3/b16-12-. The summed E-state index contributed by atoms with van der Waals surface area (Å²) in [6.07, 6.45) is 7.61. The van der Waals surface area contributed by atoms with Crippen molar-refractivity contribution in [1.82, 2.24) is 15.1 Å². The molecule has 5 heteroatoms. The molecule has 0 saturated heterocycles. The summed E-state index contributed by atoms with van der Waals surface area (Å²) in [6.45, 7) is 1.96. The van der Waals surface area contributed by atoms with Gasteiger partial charge >= 0.3 is 0 Å². The van der Waals surface area contributed by atoms with Crippen LogP contribution in [0.2, 0.25) is 0 Å². The van der Waals surface area contributed by atoms with E-state index in [1.54, 1.807) is 16.8 Å². The van der Waals surface area contributed by atoms with Crippen LogP contribution < -0.4 is 9.79 Å². The van der Waals surface area contributed by atoms with E-state index >= 15 is 0 Å². The van der Waals surface area contributed by atoms with Gasteiger partial charge in [-0.15, -0.1) is 4.68 Å². The van der Waals surface area contributed by atoms with Gasteiger partial charge in [0, 0.05) is 6.92 Å². The average molecular weight is 284 g/mol. The first-order valence-electron chi connectivity index (χ1n) is 7.53. The van der Waals surface area contributed by atoms with E-state index in [4.69, 9.17) is 0 Å². The van der Waals surface area contributed by atoms with Crippen LogP contribution in [0.3, 0.4) is 0 Å². The van der Waals surface area contributed by atoms with Gasteiger partial charge in [-0.25, -0.2) is 0 Å². The lowest BCUT2D eigenvalue weighted by atomic mass is 9.96. The van der Waals surface area contributed by atoms with Crippen molar-refractivity contribution in [2.24, 2.45) is 0 Å². The Balaban J connectivity index is 1.85. The SMILES string of the molecule is Cc1n(/C=C(\[O-])c2ccccc2)nn[n+]1C1CCCCC1. The van der Waals surface area contributed by atoms with Crippen molar-refractivity contribution in [2.45, 2.75) is 45.1 Å². The molecule has 0 amide bonds. The van der Waals surface area contributed by atoms with Crippen molar-refractivity contribution in [3.05, 3.63) is 41.7 Å². The quantitative estimate of drug-likeness (QED) is 0.636. The van der Waals surface area contributed by atoms with E-state index < -0.39 is 0 Å². The Kier molecular flexibility index (Phi) is 3.99. The Labute approximate surface area is 124 Å². The van der Waals surface area contributed by atoms with Gasteiger partial charge in [-0.1, -0.05) is 47.2 Å². The molecule has 21 heavy (non-hydrogen) atoms. The molecule has 0 N–H and O–H groups in total. The molecule has 1 aromatic heterocycles. The molecule has 0 aliphatic heterocycles. The first-order chi connectivity index (χ1) is 10.3. The minimum Gasteiger partial charge on any atom is -0.870 e. The van der Waals surface area contributed by atoms with E-state index in [0.717, 1.165) is 18.7 Å². The summed E-state index contributed by atoms with van der Waals surface area (Å²) >= 11 is 0. The molecule has 1 aromatic carbocycles. The number of hydrogen-bond donors (Lipinski definition) is 0. The highest BCUT2D eigenvalue weighted by Crippen LogP contribution is 2.23. The molecule has 0 bridgehead atoms. The fraction of sp³-hybridized carbons (Fsp3) is 0.438. The molecule has 2 aromatic rings. The van der Waals surface area contributed by atoms with Gasteiger partial charge in [-0.2, -0.15) is 0 Å². The number of benzene rings is 1. The normalized spacial score (nSPS) is 17.1. The molecule has 1 saturated carbocycles. The van der Waals surface area contributed by atoms with Crippen LogP contribution in [0.15, 0.2) is 30.3 Å². The van der Waals surface area contributed by atoms with Crippen molar-refractivity contribution in [2.75, 3.05) is 0 Å². The summed E-state index contributed by atoms with van der Waals surface area (Å²) in [4.78, 5) is 0. The fourth-order valence-electron chi connectivity index (χ4n) is 2.89. The van der Waals surface area contributed by atoms with Gasteiger partial charge in [-0.3, -0.25) is 0 Å². The molecule has 5 nitrogen and oxygen atoms in total. The highest BCUT2D eigenvalue weighted by Gasteiger charge is 2.25. The Morgan fingerprint density at radius 1 is 1.24 bits per heavy atom. The van der Waals surface area contributed by atoms with Crippen molar-refractivity contribution >= 4 is 12.0 Å². The topological polar surface area (TPSA) is 57.6 Å². The Bertz CT molecular complexity index is 627. The lowest BCUT2D eigenvalue weighted by molar-refractivity contribution is -0.785. The van der Waals surface area contributed by atoms with Crippen molar-refractivity contribution in [1.29, 1.82) is 0 Å². The van der Waals surface area contributed by atoms with E-state index in [1.165, 1.54) is 25.5 Å². The molecule has 1 fully saturated rings. The molecule has 0 atom stereocenters. The molecule has 1 aliphatic carbocycles. The molecule has 1 heterocycles. The van der Waals surface area contributed by atoms with Crippen molar-refractivity contribution in [3.63, 3.8) is 0 Å². The maximum Gasteiger partial charge on any atom is 0.259 e. The zero-order valence-electron chi connectivity index (χ0n) is 12.3. The summed E-state index contributed by atoms with van der Waals surface area (Å²) in [5.41, 5.74) is 0.664. The van der Waals surface area contributed by atoms with E-state index in [0.29, 0.717) is 11.6 Å². The van der Waals surface area contributed by atoms with Gasteiger partial charge in [0.05, 0.1) is 0 Å². The fourth-order valence-corrected chi connectivity index (χ4v) is 2.89. The predicted molar refractivity (Wildman–Crippen MR) is 77.7 cm³/mol. The number of hydrogen-bond acceptors (Lipinski definition) is 3. The summed E-state index contributed by atoms with van der Waals surface area (Å²) in [6, 6.07) is 9.65. The second-order valence-electron chi connectivity index (χ2n) is 5.57. The van der Waals surface area contributed by atoms with Gasteiger partial charge in [0.1, 0.15) is 17.5 Å². The maximum absolute atomic E-state index is 12.2. The minimum atomic E-state index is -0.0561. The second kappa shape index (κ2) is 6.08. The highest BCUT2D eigenvalue weighted by atomic mass is 16.3. The van der Waals surface area contributed by atoms with E-state index in [-0.39, 0.29) is 5.76 Å². The maximum atomic E-state index is 12.2. The molecule has 3 rings (SSSR count). The van der Waals surface area contributed by atoms with Crippen LogP contribution in [0.25, 0.3) is 12.0 Å². The van der Waals surface area contributed by atoms with Gasteiger partial charge in [0.2, 0.25) is 0 Å². The summed E-state index contributed by atoms with van der Waals surface area (Å²) < 4.78 is 3.55. The molecule has 0 spiro atoms. The monoisotopic (exact) mass is 284 g/mol. The van der Waals surface area contributed by atoms with Crippen LogP contribution in [0.4, 0.5) is 0 Å². The van der Waals surface area contributed by atoms with E-state index in [2.05, 4.69) is 10.4 Å². The highest BCUT2D eigenvalue weighted by molar-refractivity contribution is 5.67. The zero-order chi connectivity index (χ0) is 14.7. The Morgan fingerprint density at radius 2 is 1.95 bits per heavy atom. The van der Waals surface area contributed by atoms with E-state index in [1.807, 2.05) is 29.8 Å². The van der Waals surface area contributed by atoms with Crippen LogP contribution in [0.1, 0.15) is 49.5 Å². The minimum absolute atomic E-state index is 0.0561. The van der Waals surface area contributed by atoms with Crippen LogP contribution in [-0.4, -0.2) is 15.1 Å². The molecule has 0 radical (unpaired) electrons. The van der Waals surface area contributed by atoms with Crippen LogP contribution in [-0.2, 0) is 0 Å². The summed E-state index contributed by atoms with van der Waals surface area (Å²) in [7, 11) is 0. The van der Waals surface area contributed by atoms with Gasteiger partial charge < -0.3 is 5.11 Å². The number of aromatic nitrogens is 4. The third-order valence-electron chi connectivity index (χ3n) is 4.11. The molecular formula is C16H20N4O. The van der Waals surface area contributed by atoms with Gasteiger partial charge in [0.25, 0.3) is 5.82 Å². The third kappa shape index (κ3) is 2.96. The largest absolute Gasteiger partial charge is 0.870 e. The molecule has 1 aliphatic rings. The second-order valence-corrected chi connectivity index (χ2v) is 5.57. The summed E-state index contributed by atoms with van der Waals surface area (Å²) in [5.74, 6) is 0.852. The average Bonchev–Trinajstić information content (AvgIpc) is 2.90. The molecule has 0 unspecified atom stereocenters. The Morgan fingerprint density at radius 3 is 2.67 bits per heavy atom. The predicted octanol–water partition coefficient (Wildman–Crippen LogP) is 1.70. The van der Waals surface area contributed by atoms with Gasteiger partial charge in [0.15, 0.2) is 5.21 Å². The molecular weight excluding hydrogens is 264 g/mol. The van der Waals surface area contributed by atoms with Crippen LogP contribution in [0.5, 0.6) is 0 Å². The first kappa shape index (κ1) is 13.8. The smallest absolute Gasteiger partial charge is 0.259 e. The first-order valence-corrected chi connectivity index (χ1v) is 7.53. The lowest BCUT2D eigenvalue weighted by Gasteiger charge is -2.18. The van der Waals surface area contributed by atoms with Crippen molar-refractivity contribution in [3.8, 4) is 0 Å². The number of nitrogens with zero attached hydrogens (tertiary/aromatic N) is 4. The van der Waals surface area contributed by atoms with E-state index in [9.17, 15) is 5.11 Å². The number of rotatable bonds is 3. The lowest BCUT2D eigenvalue weighted by Crippen LogP contribution is -2.45. The Hall–Kier alpha value is -2.17. The summed E-state index contributed by atoms with van der Waals surface area (Å²) in [5, 5.41) is 20.5. The third-order valence-corrected chi connectivity index (χ3v) is 4.11. The van der Waals surface area contributed by atoms with Gasteiger partial charge in [-0.05, 0) is 31.2 Å².